The summed E-state index contributed by atoms with van der Waals surface area (Å²) in [5, 5.41) is 3.95. The van der Waals surface area contributed by atoms with Gasteiger partial charge in [0, 0.05) is 10.0 Å². The molecule has 1 amide bonds. The van der Waals surface area contributed by atoms with Gasteiger partial charge in [-0.3, -0.25) is 4.79 Å². The monoisotopic (exact) mass is 436 g/mol. The molecule has 6 heteroatoms. The van der Waals surface area contributed by atoms with Crippen LogP contribution in [-0.4, -0.2) is 18.1 Å². The number of aryl methyl sites for hydroxylation is 1. The number of hydrogen-bond acceptors (Lipinski definition) is 4. The molecule has 1 N–H and O–H groups in total. The summed E-state index contributed by atoms with van der Waals surface area (Å²) in [6, 6.07) is 21.0. The molecule has 0 saturated heterocycles. The molecule has 0 aliphatic carbocycles. The first-order valence-electron chi connectivity index (χ1n) is 8.49. The number of ether oxygens (including phenoxy) is 1. The average molecular weight is 437 g/mol. The fourth-order valence-corrected chi connectivity index (χ4v) is 2.57. The van der Waals surface area contributed by atoms with E-state index in [9.17, 15) is 9.59 Å². The third kappa shape index (κ3) is 5.37. The van der Waals surface area contributed by atoms with Crippen LogP contribution in [0.15, 0.2) is 82.4 Å². The Balaban J connectivity index is 1.55. The van der Waals surface area contributed by atoms with Gasteiger partial charge in [0.2, 0.25) is 0 Å². The summed E-state index contributed by atoms with van der Waals surface area (Å²) in [7, 11) is 0. The first-order chi connectivity index (χ1) is 13.5. The predicted octanol–water partition coefficient (Wildman–Crippen LogP) is 4.74. The van der Waals surface area contributed by atoms with E-state index in [0.29, 0.717) is 16.9 Å². The molecule has 0 spiro atoms. The predicted molar refractivity (Wildman–Crippen MR) is 112 cm³/mol. The molecule has 3 aromatic carbocycles. The van der Waals surface area contributed by atoms with Crippen molar-refractivity contribution in [2.24, 2.45) is 5.10 Å². The van der Waals surface area contributed by atoms with Crippen LogP contribution in [0, 0.1) is 6.92 Å². The van der Waals surface area contributed by atoms with Crippen molar-refractivity contribution in [1.29, 1.82) is 0 Å². The quantitative estimate of drug-likeness (QED) is 0.271. The first kappa shape index (κ1) is 19.5. The molecule has 0 fully saturated rings. The Labute approximate surface area is 171 Å². The number of hydrogen-bond donors (Lipinski definition) is 1. The van der Waals surface area contributed by atoms with Gasteiger partial charge in [-0.05, 0) is 73.2 Å². The van der Waals surface area contributed by atoms with Crippen molar-refractivity contribution in [3.05, 3.63) is 99.5 Å². The molecule has 3 rings (SSSR count). The summed E-state index contributed by atoms with van der Waals surface area (Å²) in [6.45, 7) is 1.96. The van der Waals surface area contributed by atoms with E-state index in [2.05, 4.69) is 26.5 Å². The fraction of sp³-hybridized carbons (Fsp3) is 0.0455. The van der Waals surface area contributed by atoms with Gasteiger partial charge < -0.3 is 4.74 Å². The normalized spacial score (nSPS) is 10.6. The Morgan fingerprint density at radius 3 is 2.14 bits per heavy atom. The number of nitrogens with one attached hydrogen (secondary N) is 1. The van der Waals surface area contributed by atoms with Crippen molar-refractivity contribution in [3.8, 4) is 5.75 Å². The van der Waals surface area contributed by atoms with Crippen molar-refractivity contribution in [1.82, 2.24) is 5.43 Å². The topological polar surface area (TPSA) is 67.8 Å². The number of carbonyl (C=O) groups excluding carboxylic acids is 2. The van der Waals surface area contributed by atoms with Crippen LogP contribution in [0.25, 0.3) is 0 Å². The van der Waals surface area contributed by atoms with Gasteiger partial charge in [0.05, 0.1) is 11.8 Å². The maximum atomic E-state index is 12.1. The molecule has 0 heterocycles. The highest BCUT2D eigenvalue weighted by molar-refractivity contribution is 9.10. The average Bonchev–Trinajstić information content (AvgIpc) is 2.70. The van der Waals surface area contributed by atoms with Crippen molar-refractivity contribution in [2.75, 3.05) is 0 Å². The van der Waals surface area contributed by atoms with Crippen LogP contribution in [0.1, 0.15) is 31.8 Å². The van der Waals surface area contributed by atoms with E-state index >= 15 is 0 Å². The number of hydrazone groups is 1. The van der Waals surface area contributed by atoms with Gasteiger partial charge in [-0.25, -0.2) is 10.2 Å². The first-order valence-corrected chi connectivity index (χ1v) is 9.28. The lowest BCUT2D eigenvalue weighted by Crippen LogP contribution is -2.17. The third-order valence-electron chi connectivity index (χ3n) is 3.86. The molecule has 0 aromatic heterocycles. The number of nitrogens with zero attached hydrogens (tertiary/aromatic N) is 1. The van der Waals surface area contributed by atoms with Gasteiger partial charge in [0.15, 0.2) is 0 Å². The number of esters is 1. The molecule has 140 valence electrons. The zero-order valence-corrected chi connectivity index (χ0v) is 16.6. The maximum absolute atomic E-state index is 12.1. The highest BCUT2D eigenvalue weighted by Crippen LogP contribution is 2.15. The van der Waals surface area contributed by atoms with Gasteiger partial charge >= 0.3 is 5.97 Å². The second kappa shape index (κ2) is 9.10. The maximum Gasteiger partial charge on any atom is 0.343 e. The summed E-state index contributed by atoms with van der Waals surface area (Å²) < 4.78 is 6.23. The molecule has 0 saturated carbocycles. The second-order valence-corrected chi connectivity index (χ2v) is 6.95. The van der Waals surface area contributed by atoms with Crippen molar-refractivity contribution in [2.45, 2.75) is 6.92 Å². The minimum atomic E-state index is -0.431. The van der Waals surface area contributed by atoms with Crippen molar-refractivity contribution >= 4 is 34.0 Å². The Kier molecular flexibility index (Phi) is 6.34. The Bertz CT molecular complexity index is 995. The summed E-state index contributed by atoms with van der Waals surface area (Å²) in [5.41, 5.74) is 5.33. The molecule has 0 atom stereocenters. The van der Waals surface area contributed by atoms with E-state index in [1.807, 2.05) is 19.1 Å². The van der Waals surface area contributed by atoms with Gasteiger partial charge in [-0.1, -0.05) is 33.6 Å². The van der Waals surface area contributed by atoms with Crippen LogP contribution >= 0.6 is 15.9 Å². The summed E-state index contributed by atoms with van der Waals surface area (Å²) in [6.07, 6.45) is 1.52. The fourth-order valence-electron chi connectivity index (χ4n) is 2.31. The molecule has 0 bridgehead atoms. The number of halogens is 1. The second-order valence-electron chi connectivity index (χ2n) is 6.03. The minimum Gasteiger partial charge on any atom is -0.423 e. The molecular formula is C22H17BrN2O3. The highest BCUT2D eigenvalue weighted by atomic mass is 79.9. The van der Waals surface area contributed by atoms with Crippen LogP contribution in [0.4, 0.5) is 0 Å². The Morgan fingerprint density at radius 2 is 1.50 bits per heavy atom. The lowest BCUT2D eigenvalue weighted by atomic mass is 10.1. The van der Waals surface area contributed by atoms with E-state index in [1.165, 1.54) is 6.21 Å². The van der Waals surface area contributed by atoms with Crippen LogP contribution in [-0.2, 0) is 0 Å². The van der Waals surface area contributed by atoms with Crippen molar-refractivity contribution < 1.29 is 14.3 Å². The third-order valence-corrected chi connectivity index (χ3v) is 4.39. The molecule has 3 aromatic rings. The highest BCUT2D eigenvalue weighted by Gasteiger charge is 2.08. The molecule has 0 aliphatic heterocycles. The van der Waals surface area contributed by atoms with Crippen LogP contribution < -0.4 is 10.2 Å². The van der Waals surface area contributed by atoms with Crippen LogP contribution in [0.5, 0.6) is 5.75 Å². The zero-order chi connectivity index (χ0) is 19.9. The van der Waals surface area contributed by atoms with E-state index in [4.69, 9.17) is 4.74 Å². The number of amides is 1. The largest absolute Gasteiger partial charge is 0.423 e. The summed E-state index contributed by atoms with van der Waals surface area (Å²) in [5.74, 6) is -0.288. The molecule has 0 aliphatic rings. The minimum absolute atomic E-state index is 0.281. The Morgan fingerprint density at radius 1 is 0.893 bits per heavy atom. The lowest BCUT2D eigenvalue weighted by Gasteiger charge is -2.05. The smallest absolute Gasteiger partial charge is 0.343 e. The number of carbonyl (C=O) groups is 2. The SMILES string of the molecule is Cc1ccc(C(=O)NN=Cc2ccc(OC(=O)c3ccc(Br)cc3)cc2)cc1. The lowest BCUT2D eigenvalue weighted by molar-refractivity contribution is 0.0734. The molecule has 0 radical (unpaired) electrons. The number of benzene rings is 3. The van der Waals surface area contributed by atoms with E-state index in [0.717, 1.165) is 15.6 Å². The van der Waals surface area contributed by atoms with Gasteiger partial charge in [0.1, 0.15) is 5.75 Å². The molecular weight excluding hydrogens is 420 g/mol. The van der Waals surface area contributed by atoms with Crippen molar-refractivity contribution in [3.63, 3.8) is 0 Å². The van der Waals surface area contributed by atoms with Crippen LogP contribution in [0.2, 0.25) is 0 Å². The number of rotatable bonds is 5. The van der Waals surface area contributed by atoms with Gasteiger partial charge in [-0.2, -0.15) is 5.10 Å². The molecule has 5 nitrogen and oxygen atoms in total. The molecule has 0 unspecified atom stereocenters. The summed E-state index contributed by atoms with van der Waals surface area (Å²) >= 11 is 3.32. The standard InChI is InChI=1S/C22H17BrN2O3/c1-15-2-6-17(7-3-15)21(26)25-24-14-16-4-12-20(13-5-16)28-22(27)18-8-10-19(23)11-9-18/h2-14H,1H3,(H,25,26). The van der Waals surface area contributed by atoms with Gasteiger partial charge in [-0.15, -0.1) is 0 Å². The Hall–Kier alpha value is -3.25. The van der Waals surface area contributed by atoms with E-state index < -0.39 is 5.97 Å². The van der Waals surface area contributed by atoms with Gasteiger partial charge in [0.25, 0.3) is 5.91 Å². The van der Waals surface area contributed by atoms with Crippen LogP contribution in [0.3, 0.4) is 0 Å². The summed E-state index contributed by atoms with van der Waals surface area (Å²) in [4.78, 5) is 24.1. The molecule has 28 heavy (non-hydrogen) atoms. The zero-order valence-electron chi connectivity index (χ0n) is 15.1. The van der Waals surface area contributed by atoms with E-state index in [-0.39, 0.29) is 5.91 Å². The van der Waals surface area contributed by atoms with E-state index in [1.54, 1.807) is 60.7 Å².